The van der Waals surface area contributed by atoms with Gasteiger partial charge in [-0.25, -0.2) is 8.42 Å². The van der Waals surface area contributed by atoms with Gasteiger partial charge in [-0.15, -0.1) is 11.3 Å². The van der Waals surface area contributed by atoms with Crippen LogP contribution in [-0.2, 0) is 16.6 Å². The molecule has 0 atom stereocenters. The summed E-state index contributed by atoms with van der Waals surface area (Å²) in [6.07, 6.45) is 5.42. The quantitative estimate of drug-likeness (QED) is 0.849. The van der Waals surface area contributed by atoms with E-state index in [0.717, 1.165) is 23.4 Å². The van der Waals surface area contributed by atoms with Crippen molar-refractivity contribution in [2.75, 3.05) is 13.1 Å². The highest BCUT2D eigenvalue weighted by Crippen LogP contribution is 2.26. The van der Waals surface area contributed by atoms with E-state index >= 15 is 0 Å². The van der Waals surface area contributed by atoms with Crippen molar-refractivity contribution < 1.29 is 8.42 Å². The second-order valence-electron chi connectivity index (χ2n) is 5.58. The smallest absolute Gasteiger partial charge is 0.244 e. The van der Waals surface area contributed by atoms with Crippen molar-refractivity contribution in [2.24, 2.45) is 0 Å². The Morgan fingerprint density at radius 3 is 2.95 bits per heavy atom. The van der Waals surface area contributed by atoms with Crippen molar-refractivity contribution in [1.29, 1.82) is 0 Å². The first-order chi connectivity index (χ1) is 9.55. The molecule has 4 nitrogen and oxygen atoms in total. The fraction of sp³-hybridized carbons (Fsp3) is 0.571. The summed E-state index contributed by atoms with van der Waals surface area (Å²) in [4.78, 5) is 1.55. The maximum atomic E-state index is 12.6. The van der Waals surface area contributed by atoms with Gasteiger partial charge in [0.25, 0.3) is 0 Å². The van der Waals surface area contributed by atoms with Crippen LogP contribution in [0, 0.1) is 0 Å². The topological polar surface area (TPSA) is 49.4 Å². The van der Waals surface area contributed by atoms with E-state index in [2.05, 4.69) is 11.4 Å². The molecule has 1 saturated carbocycles. The molecule has 2 heterocycles. The molecule has 1 fully saturated rings. The first-order valence-electron chi connectivity index (χ1n) is 7.02. The zero-order valence-electron chi connectivity index (χ0n) is 11.6. The number of nitrogens with one attached hydrogen (secondary N) is 1. The Morgan fingerprint density at radius 2 is 2.25 bits per heavy atom. The van der Waals surface area contributed by atoms with Crippen LogP contribution in [0.4, 0.5) is 0 Å². The second kappa shape index (κ2) is 5.60. The third-order valence-electron chi connectivity index (χ3n) is 3.71. The van der Waals surface area contributed by atoms with E-state index in [9.17, 15) is 8.42 Å². The van der Waals surface area contributed by atoms with E-state index in [4.69, 9.17) is 0 Å². The Morgan fingerprint density at radius 1 is 1.45 bits per heavy atom. The largest absolute Gasteiger partial charge is 0.309 e. The number of nitrogens with zero attached hydrogens (tertiary/aromatic N) is 1. The van der Waals surface area contributed by atoms with Crippen molar-refractivity contribution >= 4 is 21.4 Å². The van der Waals surface area contributed by atoms with Gasteiger partial charge in [-0.1, -0.05) is 11.6 Å². The number of hydrogen-bond acceptors (Lipinski definition) is 4. The summed E-state index contributed by atoms with van der Waals surface area (Å²) in [5.41, 5.74) is 1.13. The Hall–Kier alpha value is -0.690. The lowest BCUT2D eigenvalue weighted by molar-refractivity contribution is 0.428. The van der Waals surface area contributed by atoms with E-state index in [0.29, 0.717) is 24.0 Å². The normalized spacial score (nSPS) is 20.9. The average molecular weight is 312 g/mol. The zero-order valence-corrected chi connectivity index (χ0v) is 13.3. The van der Waals surface area contributed by atoms with Gasteiger partial charge in [0.05, 0.1) is 4.90 Å². The van der Waals surface area contributed by atoms with Gasteiger partial charge in [0.15, 0.2) is 0 Å². The summed E-state index contributed by atoms with van der Waals surface area (Å²) in [6.45, 7) is 3.88. The molecule has 0 bridgehead atoms. The van der Waals surface area contributed by atoms with Crippen LogP contribution < -0.4 is 5.32 Å². The molecular weight excluding hydrogens is 292 g/mol. The Labute approximate surface area is 124 Å². The summed E-state index contributed by atoms with van der Waals surface area (Å²) in [5.74, 6) is 0. The molecule has 0 unspecified atom stereocenters. The molecule has 1 aromatic heterocycles. The van der Waals surface area contributed by atoms with Crippen molar-refractivity contribution in [3.8, 4) is 0 Å². The molecule has 0 radical (unpaired) electrons. The molecule has 1 aliphatic heterocycles. The lowest BCUT2D eigenvalue weighted by atomic mass is 10.2. The highest BCUT2D eigenvalue weighted by Gasteiger charge is 2.27. The van der Waals surface area contributed by atoms with Gasteiger partial charge in [0.1, 0.15) is 0 Å². The van der Waals surface area contributed by atoms with Gasteiger partial charge in [0.2, 0.25) is 10.0 Å². The van der Waals surface area contributed by atoms with Crippen LogP contribution in [0.2, 0.25) is 0 Å². The molecule has 3 rings (SSSR count). The van der Waals surface area contributed by atoms with E-state index in [-0.39, 0.29) is 0 Å². The summed E-state index contributed by atoms with van der Waals surface area (Å²) in [7, 11) is -3.32. The SMILES string of the molecule is CC1=CCCN(S(=O)(=O)c2csc(CNC3CC3)c2)C1. The maximum Gasteiger partial charge on any atom is 0.244 e. The lowest BCUT2D eigenvalue weighted by Crippen LogP contribution is -2.35. The van der Waals surface area contributed by atoms with E-state index in [1.807, 2.05) is 13.0 Å². The Kier molecular flexibility index (Phi) is 3.99. The van der Waals surface area contributed by atoms with Gasteiger partial charge in [-0.3, -0.25) is 0 Å². The summed E-state index contributed by atoms with van der Waals surface area (Å²) in [5, 5.41) is 5.19. The highest BCUT2D eigenvalue weighted by atomic mass is 32.2. The van der Waals surface area contributed by atoms with Crippen LogP contribution >= 0.6 is 11.3 Å². The molecule has 2 aliphatic rings. The molecule has 6 heteroatoms. The molecule has 1 aromatic rings. The van der Waals surface area contributed by atoms with E-state index in [1.165, 1.54) is 24.2 Å². The Bertz CT molecular complexity index is 615. The Balaban J connectivity index is 1.71. The standard InChI is InChI=1S/C14H20N2O2S2/c1-11-3-2-6-16(9-11)20(17,18)14-7-13(19-10-14)8-15-12-4-5-12/h3,7,10,12,15H,2,4-6,8-9H2,1H3. The molecule has 1 N–H and O–H groups in total. The van der Waals surface area contributed by atoms with Gasteiger partial charge in [0, 0.05) is 35.9 Å². The molecule has 20 heavy (non-hydrogen) atoms. The monoisotopic (exact) mass is 312 g/mol. The summed E-state index contributed by atoms with van der Waals surface area (Å²) < 4.78 is 26.7. The van der Waals surface area contributed by atoms with Crippen molar-refractivity contribution in [2.45, 2.75) is 43.7 Å². The van der Waals surface area contributed by atoms with Gasteiger partial charge >= 0.3 is 0 Å². The first kappa shape index (κ1) is 14.3. The minimum absolute atomic E-state index is 0.449. The minimum atomic E-state index is -3.32. The van der Waals surface area contributed by atoms with E-state index in [1.54, 1.807) is 9.69 Å². The fourth-order valence-electron chi connectivity index (χ4n) is 2.35. The summed E-state index contributed by atoms with van der Waals surface area (Å²) in [6, 6.07) is 2.47. The number of rotatable bonds is 5. The lowest BCUT2D eigenvalue weighted by Gasteiger charge is -2.24. The molecule has 0 amide bonds. The number of sulfonamides is 1. The van der Waals surface area contributed by atoms with Gasteiger partial charge in [-0.2, -0.15) is 4.31 Å². The fourth-order valence-corrected chi connectivity index (χ4v) is 5.06. The molecule has 0 spiro atoms. The van der Waals surface area contributed by atoms with Crippen LogP contribution in [0.25, 0.3) is 0 Å². The van der Waals surface area contributed by atoms with Crippen LogP contribution in [0.3, 0.4) is 0 Å². The molecule has 1 aliphatic carbocycles. The third-order valence-corrected chi connectivity index (χ3v) is 6.62. The van der Waals surface area contributed by atoms with Crippen molar-refractivity contribution in [3.63, 3.8) is 0 Å². The highest BCUT2D eigenvalue weighted by molar-refractivity contribution is 7.89. The minimum Gasteiger partial charge on any atom is -0.309 e. The third kappa shape index (κ3) is 3.14. The van der Waals surface area contributed by atoms with E-state index < -0.39 is 10.0 Å². The predicted octanol–water partition coefficient (Wildman–Crippen LogP) is 2.34. The predicted molar refractivity (Wildman–Crippen MR) is 81.3 cm³/mol. The second-order valence-corrected chi connectivity index (χ2v) is 8.52. The number of hydrogen-bond donors (Lipinski definition) is 1. The summed E-state index contributed by atoms with van der Waals surface area (Å²) >= 11 is 1.53. The zero-order chi connectivity index (χ0) is 14.2. The van der Waals surface area contributed by atoms with Crippen LogP contribution in [0.15, 0.2) is 28.0 Å². The van der Waals surface area contributed by atoms with Gasteiger partial charge in [-0.05, 0) is 32.3 Å². The number of thiophene rings is 1. The van der Waals surface area contributed by atoms with Crippen molar-refractivity contribution in [3.05, 3.63) is 28.0 Å². The average Bonchev–Trinajstić information content (AvgIpc) is 3.12. The maximum absolute atomic E-state index is 12.6. The molecule has 0 saturated heterocycles. The molecule has 0 aromatic carbocycles. The van der Waals surface area contributed by atoms with Gasteiger partial charge < -0.3 is 5.32 Å². The van der Waals surface area contributed by atoms with Crippen LogP contribution in [0.1, 0.15) is 31.1 Å². The molecular formula is C14H20N2O2S2. The molecule has 110 valence electrons. The van der Waals surface area contributed by atoms with Crippen LogP contribution in [-0.4, -0.2) is 31.9 Å². The van der Waals surface area contributed by atoms with Crippen molar-refractivity contribution in [1.82, 2.24) is 9.62 Å². The first-order valence-corrected chi connectivity index (χ1v) is 9.34. The van der Waals surface area contributed by atoms with Crippen LogP contribution in [0.5, 0.6) is 0 Å².